The first kappa shape index (κ1) is 12.2. The topological polar surface area (TPSA) is 89.6 Å². The van der Waals surface area contributed by atoms with E-state index in [0.29, 0.717) is 10.8 Å². The van der Waals surface area contributed by atoms with Gasteiger partial charge in [-0.05, 0) is 18.2 Å². The number of nitrogens with zero attached hydrogens (tertiary/aromatic N) is 1. The van der Waals surface area contributed by atoms with Gasteiger partial charge in [-0.2, -0.15) is 0 Å². The van der Waals surface area contributed by atoms with Crippen LogP contribution in [0, 0.1) is 0 Å². The number of methoxy groups -OCH3 is 1. The lowest BCUT2D eigenvalue weighted by molar-refractivity contribution is 0.0602. The number of aromatic hydroxyl groups is 1. The maximum Gasteiger partial charge on any atom is 0.345 e. The van der Waals surface area contributed by atoms with Crippen molar-refractivity contribution < 1.29 is 19.1 Å². The van der Waals surface area contributed by atoms with Crippen molar-refractivity contribution in [1.82, 2.24) is 4.98 Å². The molecule has 1 N–H and O–H groups in total. The van der Waals surface area contributed by atoms with E-state index < -0.39 is 11.6 Å². The van der Waals surface area contributed by atoms with Gasteiger partial charge in [0.25, 0.3) is 0 Å². The molecular formula is C14H9NO5. The summed E-state index contributed by atoms with van der Waals surface area (Å²) in [6, 6.07) is 4.29. The molecular weight excluding hydrogens is 262 g/mol. The van der Waals surface area contributed by atoms with Gasteiger partial charge in [0.2, 0.25) is 0 Å². The molecule has 6 heteroatoms. The summed E-state index contributed by atoms with van der Waals surface area (Å²) in [6.07, 6.45) is 2.63. The second-order valence-corrected chi connectivity index (χ2v) is 4.17. The normalized spacial score (nSPS) is 10.8. The van der Waals surface area contributed by atoms with Gasteiger partial charge in [-0.3, -0.25) is 4.98 Å². The van der Waals surface area contributed by atoms with Crippen LogP contribution in [-0.4, -0.2) is 23.2 Å². The lowest BCUT2D eigenvalue weighted by Gasteiger charge is -2.06. The van der Waals surface area contributed by atoms with E-state index in [1.807, 2.05) is 0 Å². The Bertz CT molecular complexity index is 897. The third-order valence-electron chi connectivity index (χ3n) is 3.01. The summed E-state index contributed by atoms with van der Waals surface area (Å²) in [5.41, 5.74) is -0.179. The summed E-state index contributed by atoms with van der Waals surface area (Å²) in [6.45, 7) is 0. The summed E-state index contributed by atoms with van der Waals surface area (Å²) >= 11 is 0. The number of aromatic nitrogens is 1. The van der Waals surface area contributed by atoms with Crippen LogP contribution >= 0.6 is 0 Å². The summed E-state index contributed by atoms with van der Waals surface area (Å²) in [4.78, 5) is 27.6. The Morgan fingerprint density at radius 2 is 2.10 bits per heavy atom. The molecule has 0 saturated carbocycles. The zero-order chi connectivity index (χ0) is 14.3. The van der Waals surface area contributed by atoms with Crippen molar-refractivity contribution in [3.63, 3.8) is 0 Å². The number of ether oxygens (including phenoxy) is 1. The van der Waals surface area contributed by atoms with Gasteiger partial charge < -0.3 is 14.3 Å². The fourth-order valence-electron chi connectivity index (χ4n) is 2.13. The molecule has 3 rings (SSSR count). The molecule has 0 saturated heterocycles. The zero-order valence-corrected chi connectivity index (χ0v) is 10.4. The van der Waals surface area contributed by atoms with Crippen molar-refractivity contribution >= 4 is 27.7 Å². The molecule has 0 spiro atoms. The Kier molecular flexibility index (Phi) is 2.64. The molecule has 0 fully saturated rings. The van der Waals surface area contributed by atoms with Crippen LogP contribution < -0.4 is 5.63 Å². The number of pyridine rings is 1. The van der Waals surface area contributed by atoms with Crippen molar-refractivity contribution in [2.75, 3.05) is 7.11 Å². The SMILES string of the molecule is COC(=O)c1cncc2c(=O)oc3ccc(O)cc3c12. The molecule has 2 heterocycles. The monoisotopic (exact) mass is 271 g/mol. The molecule has 0 bridgehead atoms. The Morgan fingerprint density at radius 3 is 2.85 bits per heavy atom. The fourth-order valence-corrected chi connectivity index (χ4v) is 2.13. The van der Waals surface area contributed by atoms with Crippen LogP contribution in [0.1, 0.15) is 10.4 Å². The highest BCUT2D eigenvalue weighted by Gasteiger charge is 2.17. The summed E-state index contributed by atoms with van der Waals surface area (Å²) in [5.74, 6) is -0.612. The fraction of sp³-hybridized carbons (Fsp3) is 0.0714. The second-order valence-electron chi connectivity index (χ2n) is 4.17. The molecule has 100 valence electrons. The van der Waals surface area contributed by atoms with Crippen LogP contribution in [0.5, 0.6) is 5.75 Å². The first-order valence-electron chi connectivity index (χ1n) is 5.73. The van der Waals surface area contributed by atoms with Crippen molar-refractivity contribution in [2.24, 2.45) is 0 Å². The summed E-state index contributed by atoms with van der Waals surface area (Å²) in [7, 11) is 1.24. The number of hydrogen-bond donors (Lipinski definition) is 1. The minimum atomic E-state index is -0.613. The smallest absolute Gasteiger partial charge is 0.345 e. The van der Waals surface area contributed by atoms with E-state index in [0.717, 1.165) is 0 Å². The number of carbonyl (C=O) groups is 1. The van der Waals surface area contributed by atoms with Gasteiger partial charge in [0, 0.05) is 23.2 Å². The molecule has 1 aromatic carbocycles. The minimum absolute atomic E-state index is 0.000257. The van der Waals surface area contributed by atoms with E-state index in [1.165, 1.54) is 37.7 Å². The minimum Gasteiger partial charge on any atom is -0.508 e. The molecule has 0 unspecified atom stereocenters. The first-order chi connectivity index (χ1) is 9.61. The average molecular weight is 271 g/mol. The Morgan fingerprint density at radius 1 is 1.30 bits per heavy atom. The standard InChI is InChI=1S/C14H9NO5/c1-19-13(17)9-5-15-6-10-12(9)8-4-7(16)2-3-11(8)20-14(10)18/h2-6,16H,1H3. The van der Waals surface area contributed by atoms with Gasteiger partial charge in [-0.25, -0.2) is 9.59 Å². The molecule has 0 aliphatic carbocycles. The van der Waals surface area contributed by atoms with Crippen LogP contribution in [-0.2, 0) is 4.74 Å². The van der Waals surface area contributed by atoms with E-state index in [2.05, 4.69) is 9.72 Å². The Balaban J connectivity index is 2.60. The number of esters is 1. The van der Waals surface area contributed by atoms with Gasteiger partial charge in [0.1, 0.15) is 11.3 Å². The number of carbonyl (C=O) groups excluding carboxylic acids is 1. The van der Waals surface area contributed by atoms with Gasteiger partial charge in [0.15, 0.2) is 0 Å². The number of fused-ring (bicyclic) bond motifs is 3. The largest absolute Gasteiger partial charge is 0.508 e. The quantitative estimate of drug-likeness (QED) is 0.412. The maximum absolute atomic E-state index is 11.9. The van der Waals surface area contributed by atoms with Gasteiger partial charge in [-0.1, -0.05) is 0 Å². The first-order valence-corrected chi connectivity index (χ1v) is 5.73. The van der Waals surface area contributed by atoms with Crippen molar-refractivity contribution in [3.05, 3.63) is 46.6 Å². The van der Waals surface area contributed by atoms with Crippen molar-refractivity contribution in [3.8, 4) is 5.75 Å². The molecule has 0 aliphatic heterocycles. The second kappa shape index (κ2) is 4.34. The number of hydrogen-bond acceptors (Lipinski definition) is 6. The van der Waals surface area contributed by atoms with Crippen LogP contribution in [0.4, 0.5) is 0 Å². The maximum atomic E-state index is 11.9. The molecule has 0 amide bonds. The molecule has 0 atom stereocenters. The average Bonchev–Trinajstić information content (AvgIpc) is 2.47. The Labute approximate surface area is 112 Å². The van der Waals surface area contributed by atoms with Crippen LogP contribution in [0.3, 0.4) is 0 Å². The summed E-state index contributed by atoms with van der Waals surface area (Å²) < 4.78 is 9.83. The highest BCUT2D eigenvalue weighted by atomic mass is 16.5. The molecule has 3 aromatic rings. The molecule has 6 nitrogen and oxygen atoms in total. The molecule has 0 aliphatic rings. The van der Waals surface area contributed by atoms with Crippen LogP contribution in [0.25, 0.3) is 21.7 Å². The van der Waals surface area contributed by atoms with Crippen molar-refractivity contribution in [1.29, 1.82) is 0 Å². The van der Waals surface area contributed by atoms with E-state index in [4.69, 9.17) is 4.42 Å². The van der Waals surface area contributed by atoms with Gasteiger partial charge >= 0.3 is 11.6 Å². The molecule has 20 heavy (non-hydrogen) atoms. The third-order valence-corrected chi connectivity index (χ3v) is 3.01. The lowest BCUT2D eigenvalue weighted by atomic mass is 10.0. The van der Waals surface area contributed by atoms with Gasteiger partial charge in [0.05, 0.1) is 18.1 Å². The van der Waals surface area contributed by atoms with Gasteiger partial charge in [-0.15, -0.1) is 0 Å². The summed E-state index contributed by atoms with van der Waals surface area (Å²) in [5, 5.41) is 10.6. The number of phenols is 1. The predicted octanol–water partition coefficient (Wildman–Crippen LogP) is 1.83. The predicted molar refractivity (Wildman–Crippen MR) is 70.8 cm³/mol. The highest BCUT2D eigenvalue weighted by molar-refractivity contribution is 6.14. The van der Waals surface area contributed by atoms with E-state index in [1.54, 1.807) is 0 Å². The lowest BCUT2D eigenvalue weighted by Crippen LogP contribution is -2.07. The highest BCUT2D eigenvalue weighted by Crippen LogP contribution is 2.28. The van der Waals surface area contributed by atoms with Crippen LogP contribution in [0.2, 0.25) is 0 Å². The molecule has 0 radical (unpaired) electrons. The van der Waals surface area contributed by atoms with Crippen molar-refractivity contribution in [2.45, 2.75) is 0 Å². The van der Waals surface area contributed by atoms with E-state index in [9.17, 15) is 14.7 Å². The number of phenolic OH excluding ortho intramolecular Hbond substituents is 1. The Hall–Kier alpha value is -2.89. The number of rotatable bonds is 1. The molecule has 2 aromatic heterocycles. The van der Waals surface area contributed by atoms with Crippen LogP contribution in [0.15, 0.2) is 39.8 Å². The third kappa shape index (κ3) is 1.70. The van der Waals surface area contributed by atoms with E-state index >= 15 is 0 Å². The van der Waals surface area contributed by atoms with E-state index in [-0.39, 0.29) is 22.3 Å². The zero-order valence-electron chi connectivity index (χ0n) is 10.4. The number of benzene rings is 1.